The van der Waals surface area contributed by atoms with Crippen molar-refractivity contribution in [2.24, 2.45) is 11.7 Å². The summed E-state index contributed by atoms with van der Waals surface area (Å²) in [6.07, 6.45) is 1.94. The fraction of sp³-hybridized carbons (Fsp3) is 1.00. The van der Waals surface area contributed by atoms with Gasteiger partial charge in [0.25, 0.3) is 0 Å². The lowest BCUT2D eigenvalue weighted by molar-refractivity contribution is -0.0894. The molecule has 2 fully saturated rings. The number of alkyl halides is 1. The summed E-state index contributed by atoms with van der Waals surface area (Å²) in [4.78, 5) is 0. The van der Waals surface area contributed by atoms with Crippen molar-refractivity contribution in [1.29, 1.82) is 0 Å². The first-order valence-corrected chi connectivity index (χ1v) is 6.06. The van der Waals surface area contributed by atoms with E-state index in [1.165, 1.54) is 0 Å². The van der Waals surface area contributed by atoms with Crippen LogP contribution in [-0.2, 0) is 9.47 Å². The molecule has 4 N–H and O–H groups in total. The third-order valence-corrected chi connectivity index (χ3v) is 3.94. The molecule has 94 valence electrons. The van der Waals surface area contributed by atoms with Gasteiger partial charge in [0.05, 0.1) is 18.4 Å². The number of ether oxygens (including phenoxy) is 2. The summed E-state index contributed by atoms with van der Waals surface area (Å²) in [5, 5.41) is 6.39. The van der Waals surface area contributed by atoms with Gasteiger partial charge in [0.1, 0.15) is 5.62 Å². The molecule has 6 atom stereocenters. The Hall–Kier alpha value is 0.0900. The summed E-state index contributed by atoms with van der Waals surface area (Å²) in [6.45, 7) is 0. The van der Waals surface area contributed by atoms with Gasteiger partial charge in [-0.3, -0.25) is 10.6 Å². The number of nitrogens with one attached hydrogen (secondary N) is 2. The van der Waals surface area contributed by atoms with E-state index >= 15 is 0 Å². The van der Waals surface area contributed by atoms with Crippen molar-refractivity contribution in [3.8, 4) is 0 Å². The average Bonchev–Trinajstić information content (AvgIpc) is 2.27. The van der Waals surface area contributed by atoms with Gasteiger partial charge in [0.2, 0.25) is 0 Å². The van der Waals surface area contributed by atoms with Crippen molar-refractivity contribution in [3.05, 3.63) is 0 Å². The zero-order valence-corrected chi connectivity index (χ0v) is 10.4. The van der Waals surface area contributed by atoms with Crippen LogP contribution >= 0.6 is 11.6 Å². The molecule has 0 aromatic rings. The molecule has 1 aliphatic heterocycles. The molecular weight excluding hydrogens is 230 g/mol. The van der Waals surface area contributed by atoms with E-state index in [0.717, 1.165) is 12.8 Å². The molecule has 1 heterocycles. The fourth-order valence-electron chi connectivity index (χ4n) is 2.77. The summed E-state index contributed by atoms with van der Waals surface area (Å²) in [5.41, 5.74) is 5.80. The second-order valence-corrected chi connectivity index (χ2v) is 4.95. The fourth-order valence-corrected chi connectivity index (χ4v) is 3.08. The summed E-state index contributed by atoms with van der Waals surface area (Å²) < 4.78 is 10.9. The number of fused-ring (bicyclic) bond motifs is 1. The van der Waals surface area contributed by atoms with Crippen LogP contribution in [0.25, 0.3) is 0 Å². The van der Waals surface area contributed by atoms with Gasteiger partial charge in [0, 0.05) is 26.2 Å². The number of nitrogens with two attached hydrogens (primary N) is 1. The molecular formula is C10H20ClN3O2. The first-order valence-electron chi connectivity index (χ1n) is 5.63. The Labute approximate surface area is 101 Å². The number of halogens is 1. The summed E-state index contributed by atoms with van der Waals surface area (Å²) in [7, 11) is 3.44. The van der Waals surface area contributed by atoms with E-state index in [9.17, 15) is 0 Å². The van der Waals surface area contributed by atoms with Crippen LogP contribution in [0, 0.1) is 5.92 Å². The van der Waals surface area contributed by atoms with E-state index in [1.807, 2.05) is 0 Å². The topological polar surface area (TPSA) is 68.5 Å². The summed E-state index contributed by atoms with van der Waals surface area (Å²) >= 11 is 6.02. The quantitative estimate of drug-likeness (QED) is 0.467. The van der Waals surface area contributed by atoms with Gasteiger partial charge in [-0.15, -0.1) is 0 Å². The van der Waals surface area contributed by atoms with Gasteiger partial charge in [0.15, 0.2) is 0 Å². The smallest absolute Gasteiger partial charge is 0.136 e. The predicted molar refractivity (Wildman–Crippen MR) is 62.0 cm³/mol. The van der Waals surface area contributed by atoms with E-state index in [-0.39, 0.29) is 24.0 Å². The van der Waals surface area contributed by atoms with Crippen molar-refractivity contribution in [3.63, 3.8) is 0 Å². The summed E-state index contributed by atoms with van der Waals surface area (Å²) in [6, 6.07) is 0.301. The maximum atomic E-state index is 6.05. The van der Waals surface area contributed by atoms with Crippen LogP contribution in [0.2, 0.25) is 0 Å². The minimum atomic E-state index is -0.257. The highest BCUT2D eigenvalue weighted by molar-refractivity contribution is 6.20. The van der Waals surface area contributed by atoms with Crippen LogP contribution in [0.3, 0.4) is 0 Å². The zero-order chi connectivity index (χ0) is 11.7. The van der Waals surface area contributed by atoms with Crippen molar-refractivity contribution >= 4 is 11.6 Å². The highest BCUT2D eigenvalue weighted by Crippen LogP contribution is 2.32. The van der Waals surface area contributed by atoms with Crippen LogP contribution in [0.1, 0.15) is 12.8 Å². The molecule has 0 bridgehead atoms. The molecule has 0 radical (unpaired) electrons. The Kier molecular flexibility index (Phi) is 4.05. The standard InChI is InChI=1S/C10H20ClN3O2/c1-15-7-3-5-6(4-8(7)16-2)13-10(11)14-9(5)12/h5-10,13-14H,3-4,12H2,1-2H3. The largest absolute Gasteiger partial charge is 0.379 e. The Morgan fingerprint density at radius 2 is 1.75 bits per heavy atom. The Morgan fingerprint density at radius 3 is 2.38 bits per heavy atom. The van der Waals surface area contributed by atoms with Crippen LogP contribution in [0.15, 0.2) is 0 Å². The molecule has 1 aliphatic carbocycles. The molecule has 0 amide bonds. The molecule has 0 aromatic heterocycles. The molecule has 2 rings (SSSR count). The lowest BCUT2D eigenvalue weighted by Gasteiger charge is -2.47. The van der Waals surface area contributed by atoms with Gasteiger partial charge < -0.3 is 15.2 Å². The van der Waals surface area contributed by atoms with Gasteiger partial charge >= 0.3 is 0 Å². The SMILES string of the molecule is COC1CC2NC(Cl)NC(N)C2CC1OC. The third kappa shape index (κ3) is 2.34. The normalized spacial score (nSPS) is 48.8. The van der Waals surface area contributed by atoms with Gasteiger partial charge in [-0.1, -0.05) is 11.6 Å². The molecule has 1 saturated carbocycles. The molecule has 5 nitrogen and oxygen atoms in total. The minimum Gasteiger partial charge on any atom is -0.379 e. The van der Waals surface area contributed by atoms with Crippen molar-refractivity contribution < 1.29 is 9.47 Å². The number of rotatable bonds is 2. The summed E-state index contributed by atoms with van der Waals surface area (Å²) in [5.74, 6) is 0.339. The second-order valence-electron chi connectivity index (χ2n) is 4.51. The maximum absolute atomic E-state index is 6.05. The molecule has 1 saturated heterocycles. The Balaban J connectivity index is 2.06. The van der Waals surface area contributed by atoms with E-state index in [2.05, 4.69) is 10.6 Å². The predicted octanol–water partition coefficient (Wildman–Crippen LogP) is -0.205. The molecule has 0 spiro atoms. The van der Waals surface area contributed by atoms with Gasteiger partial charge in [-0.05, 0) is 12.8 Å². The first-order chi connectivity index (χ1) is 7.65. The maximum Gasteiger partial charge on any atom is 0.136 e. The van der Waals surface area contributed by atoms with Gasteiger partial charge in [-0.25, -0.2) is 0 Å². The number of hydrogen-bond acceptors (Lipinski definition) is 5. The molecule has 0 aromatic carbocycles. The van der Waals surface area contributed by atoms with Crippen molar-refractivity contribution in [2.75, 3.05) is 14.2 Å². The van der Waals surface area contributed by atoms with Crippen LogP contribution < -0.4 is 16.4 Å². The van der Waals surface area contributed by atoms with Crippen LogP contribution in [-0.4, -0.2) is 44.3 Å². The molecule has 2 aliphatic rings. The highest BCUT2D eigenvalue weighted by Gasteiger charge is 2.43. The van der Waals surface area contributed by atoms with Gasteiger partial charge in [-0.2, -0.15) is 0 Å². The number of hydrogen-bond donors (Lipinski definition) is 3. The molecule has 16 heavy (non-hydrogen) atoms. The lowest BCUT2D eigenvalue weighted by Crippen LogP contribution is -2.67. The highest BCUT2D eigenvalue weighted by atomic mass is 35.5. The van der Waals surface area contributed by atoms with E-state index in [0.29, 0.717) is 12.0 Å². The van der Waals surface area contributed by atoms with Crippen LogP contribution in [0.4, 0.5) is 0 Å². The average molecular weight is 250 g/mol. The Bertz CT molecular complexity index is 244. The molecule has 6 unspecified atom stereocenters. The van der Waals surface area contributed by atoms with Crippen molar-refractivity contribution in [1.82, 2.24) is 10.6 Å². The van der Waals surface area contributed by atoms with E-state index < -0.39 is 0 Å². The first kappa shape index (κ1) is 12.5. The van der Waals surface area contributed by atoms with E-state index in [1.54, 1.807) is 14.2 Å². The second kappa shape index (κ2) is 5.16. The third-order valence-electron chi connectivity index (χ3n) is 3.69. The number of methoxy groups -OCH3 is 2. The monoisotopic (exact) mass is 249 g/mol. The molecule has 6 heteroatoms. The lowest BCUT2D eigenvalue weighted by atomic mass is 9.78. The Morgan fingerprint density at radius 1 is 1.12 bits per heavy atom. The minimum absolute atomic E-state index is 0.0794. The van der Waals surface area contributed by atoms with Crippen molar-refractivity contribution in [2.45, 2.75) is 42.9 Å². The zero-order valence-electron chi connectivity index (χ0n) is 9.65. The van der Waals surface area contributed by atoms with Crippen LogP contribution in [0.5, 0.6) is 0 Å². The van der Waals surface area contributed by atoms with E-state index in [4.69, 9.17) is 26.8 Å².